The minimum atomic E-state index is -3.99. The lowest BCUT2D eigenvalue weighted by molar-refractivity contribution is -0.124. The topological polar surface area (TPSA) is 86.8 Å². The van der Waals surface area contributed by atoms with Gasteiger partial charge in [0, 0.05) is 35.8 Å². The minimum absolute atomic E-state index is 0.00952. The third-order valence-electron chi connectivity index (χ3n) is 6.59. The number of amides is 2. The van der Waals surface area contributed by atoms with Crippen LogP contribution in [0.3, 0.4) is 0 Å². The van der Waals surface area contributed by atoms with Gasteiger partial charge in [-0.25, -0.2) is 8.42 Å². The van der Waals surface area contributed by atoms with E-state index in [2.05, 4.69) is 5.32 Å². The van der Waals surface area contributed by atoms with Crippen molar-refractivity contribution in [3.05, 3.63) is 76.8 Å². The molecule has 0 radical (unpaired) electrons. The van der Waals surface area contributed by atoms with Gasteiger partial charge in [-0.2, -0.15) is 4.31 Å². The molecule has 186 valence electrons. The molecule has 2 unspecified atom stereocenters. The summed E-state index contributed by atoms with van der Waals surface area (Å²) < 4.78 is 28.6. The average Bonchev–Trinajstić information content (AvgIpc) is 3.03. The molecule has 0 saturated carbocycles. The Morgan fingerprint density at radius 2 is 1.66 bits per heavy atom. The molecule has 2 heterocycles. The number of carbonyl (C=O) groups excluding carboxylic acids is 2. The Kier molecular flexibility index (Phi) is 7.64. The number of carbonyl (C=O) groups is 2. The number of nitrogens with one attached hydrogen (secondary N) is 1. The van der Waals surface area contributed by atoms with Crippen molar-refractivity contribution in [1.29, 1.82) is 0 Å². The molecule has 0 aliphatic carbocycles. The summed E-state index contributed by atoms with van der Waals surface area (Å²) in [4.78, 5) is 27.7. The quantitative estimate of drug-likeness (QED) is 0.589. The van der Waals surface area contributed by atoms with Gasteiger partial charge in [-0.05, 0) is 75.1 Å². The Morgan fingerprint density at radius 1 is 1.03 bits per heavy atom. The first-order chi connectivity index (χ1) is 16.7. The summed E-state index contributed by atoms with van der Waals surface area (Å²) in [6.45, 7) is 4.49. The second-order valence-corrected chi connectivity index (χ2v) is 11.4. The standard InChI is InChI=1S/C26H30ClN3O4S/c1-18-6-7-19(2)30(18)26(32)21-10-8-20(9-11-21)17-29(24-5-3-4-16-28-25(24)31)35(33,34)23-14-12-22(27)13-15-23/h6-15,18-19,24H,3-5,16-17H2,1-2H3,(H,28,31)/t18?,19?,24-/m1/s1. The molecule has 1 saturated heterocycles. The van der Waals surface area contributed by atoms with Gasteiger partial charge >= 0.3 is 0 Å². The van der Waals surface area contributed by atoms with Gasteiger partial charge in [0.15, 0.2) is 0 Å². The summed E-state index contributed by atoms with van der Waals surface area (Å²) in [6, 6.07) is 12.1. The fourth-order valence-corrected chi connectivity index (χ4v) is 6.36. The summed E-state index contributed by atoms with van der Waals surface area (Å²) in [5.74, 6) is -0.369. The van der Waals surface area contributed by atoms with Crippen molar-refractivity contribution >= 4 is 33.4 Å². The summed E-state index contributed by atoms with van der Waals surface area (Å²) >= 11 is 5.96. The Balaban J connectivity index is 1.62. The highest BCUT2D eigenvalue weighted by molar-refractivity contribution is 7.89. The zero-order valence-corrected chi connectivity index (χ0v) is 21.4. The fraction of sp³-hybridized carbons (Fsp3) is 0.385. The molecule has 7 nitrogen and oxygen atoms in total. The van der Waals surface area contributed by atoms with E-state index in [0.29, 0.717) is 29.1 Å². The maximum atomic E-state index is 13.7. The summed E-state index contributed by atoms with van der Waals surface area (Å²) in [5, 5.41) is 3.27. The van der Waals surface area contributed by atoms with Crippen molar-refractivity contribution in [3.63, 3.8) is 0 Å². The van der Waals surface area contributed by atoms with Crippen molar-refractivity contribution in [3.8, 4) is 0 Å². The molecule has 3 atom stereocenters. The Labute approximate surface area is 211 Å². The summed E-state index contributed by atoms with van der Waals surface area (Å²) in [7, 11) is -3.99. The van der Waals surface area contributed by atoms with Crippen LogP contribution >= 0.6 is 11.6 Å². The van der Waals surface area contributed by atoms with Crippen molar-refractivity contribution in [2.75, 3.05) is 6.54 Å². The second kappa shape index (κ2) is 10.5. The fourth-order valence-electron chi connectivity index (χ4n) is 4.63. The van der Waals surface area contributed by atoms with E-state index < -0.39 is 16.1 Å². The number of benzene rings is 2. The van der Waals surface area contributed by atoms with E-state index in [1.807, 2.05) is 30.9 Å². The maximum absolute atomic E-state index is 13.7. The van der Waals surface area contributed by atoms with Crippen LogP contribution in [0.2, 0.25) is 5.02 Å². The molecular weight excluding hydrogens is 486 g/mol. The minimum Gasteiger partial charge on any atom is -0.355 e. The molecule has 1 N–H and O–H groups in total. The van der Waals surface area contributed by atoms with Crippen LogP contribution in [0.25, 0.3) is 0 Å². The Hall–Kier alpha value is -2.68. The van der Waals surface area contributed by atoms with Crippen LogP contribution in [0.15, 0.2) is 65.6 Å². The van der Waals surface area contributed by atoms with E-state index in [9.17, 15) is 18.0 Å². The molecule has 2 aliphatic heterocycles. The van der Waals surface area contributed by atoms with E-state index >= 15 is 0 Å². The molecule has 0 bridgehead atoms. The Morgan fingerprint density at radius 3 is 2.29 bits per heavy atom. The van der Waals surface area contributed by atoms with Crippen molar-refractivity contribution in [1.82, 2.24) is 14.5 Å². The van der Waals surface area contributed by atoms with Gasteiger partial charge < -0.3 is 10.2 Å². The zero-order chi connectivity index (χ0) is 25.2. The van der Waals surface area contributed by atoms with Gasteiger partial charge in [-0.1, -0.05) is 35.9 Å². The van der Waals surface area contributed by atoms with Crippen LogP contribution < -0.4 is 5.32 Å². The number of hydrogen-bond acceptors (Lipinski definition) is 4. The molecule has 4 rings (SSSR count). The van der Waals surface area contributed by atoms with E-state index in [0.717, 1.165) is 12.8 Å². The number of hydrogen-bond donors (Lipinski definition) is 1. The third kappa shape index (κ3) is 5.44. The van der Waals surface area contributed by atoms with Crippen molar-refractivity contribution < 1.29 is 18.0 Å². The third-order valence-corrected chi connectivity index (χ3v) is 8.71. The molecule has 2 amide bonds. The molecule has 1 fully saturated rings. The second-order valence-electron chi connectivity index (χ2n) is 9.08. The van der Waals surface area contributed by atoms with E-state index in [1.165, 1.54) is 28.6 Å². The van der Waals surface area contributed by atoms with Gasteiger partial charge in [0.05, 0.1) is 4.90 Å². The van der Waals surface area contributed by atoms with Gasteiger partial charge in [0.25, 0.3) is 5.91 Å². The van der Waals surface area contributed by atoms with E-state index in [1.54, 1.807) is 24.3 Å². The zero-order valence-electron chi connectivity index (χ0n) is 19.9. The normalized spacial score (nSPS) is 22.8. The smallest absolute Gasteiger partial charge is 0.254 e. The van der Waals surface area contributed by atoms with Crippen LogP contribution in [0.1, 0.15) is 49.0 Å². The molecule has 2 aromatic carbocycles. The van der Waals surface area contributed by atoms with E-state index in [4.69, 9.17) is 11.6 Å². The van der Waals surface area contributed by atoms with Crippen molar-refractivity contribution in [2.24, 2.45) is 0 Å². The highest BCUT2D eigenvalue weighted by Gasteiger charge is 2.36. The molecular formula is C26H30ClN3O4S. The van der Waals surface area contributed by atoms with Gasteiger partial charge in [0.2, 0.25) is 15.9 Å². The van der Waals surface area contributed by atoms with E-state index in [-0.39, 0.29) is 35.3 Å². The lowest BCUT2D eigenvalue weighted by atomic mass is 10.1. The highest BCUT2D eigenvalue weighted by atomic mass is 35.5. The first kappa shape index (κ1) is 25.4. The van der Waals surface area contributed by atoms with Gasteiger partial charge in [-0.15, -0.1) is 0 Å². The van der Waals surface area contributed by atoms with Crippen LogP contribution in [0, 0.1) is 0 Å². The average molecular weight is 516 g/mol. The molecule has 2 aliphatic rings. The Bertz CT molecular complexity index is 1200. The van der Waals surface area contributed by atoms with Gasteiger partial charge in [-0.3, -0.25) is 9.59 Å². The van der Waals surface area contributed by atoms with Crippen LogP contribution in [-0.4, -0.2) is 54.1 Å². The predicted molar refractivity (Wildman–Crippen MR) is 136 cm³/mol. The van der Waals surface area contributed by atoms with Crippen LogP contribution in [-0.2, 0) is 21.4 Å². The SMILES string of the molecule is CC1C=CC(C)N1C(=O)c1ccc(CN([C@@H]2CCCCNC2=O)S(=O)(=O)c2ccc(Cl)cc2)cc1. The first-order valence-electron chi connectivity index (χ1n) is 11.8. The summed E-state index contributed by atoms with van der Waals surface area (Å²) in [5.41, 5.74) is 1.23. The molecule has 0 spiro atoms. The lowest BCUT2D eigenvalue weighted by Gasteiger charge is -2.29. The summed E-state index contributed by atoms with van der Waals surface area (Å²) in [6.07, 6.45) is 6.00. The number of nitrogens with zero attached hydrogens (tertiary/aromatic N) is 2. The number of halogens is 1. The molecule has 0 aromatic heterocycles. The predicted octanol–water partition coefficient (Wildman–Crippen LogP) is 3.99. The molecule has 35 heavy (non-hydrogen) atoms. The van der Waals surface area contributed by atoms with Crippen LogP contribution in [0.4, 0.5) is 0 Å². The number of sulfonamides is 1. The molecule has 9 heteroatoms. The maximum Gasteiger partial charge on any atom is 0.254 e. The first-order valence-corrected chi connectivity index (χ1v) is 13.7. The van der Waals surface area contributed by atoms with Crippen molar-refractivity contribution in [2.45, 2.75) is 62.7 Å². The lowest BCUT2D eigenvalue weighted by Crippen LogP contribution is -2.48. The largest absolute Gasteiger partial charge is 0.355 e. The van der Waals surface area contributed by atoms with Crippen LogP contribution in [0.5, 0.6) is 0 Å². The highest BCUT2D eigenvalue weighted by Crippen LogP contribution is 2.26. The van der Waals surface area contributed by atoms with Gasteiger partial charge in [0.1, 0.15) is 6.04 Å². The molecule has 2 aromatic rings. The number of rotatable bonds is 6. The monoisotopic (exact) mass is 515 g/mol.